The van der Waals surface area contributed by atoms with Crippen LogP contribution in [0.1, 0.15) is 25.3 Å². The monoisotopic (exact) mass is 268 g/mol. The third-order valence-electron chi connectivity index (χ3n) is 3.51. The highest BCUT2D eigenvalue weighted by Crippen LogP contribution is 2.25. The summed E-state index contributed by atoms with van der Waals surface area (Å²) < 4.78 is 5.27. The number of benzene rings is 2. The molecule has 0 bridgehead atoms. The molecule has 2 rings (SSSR count). The number of ether oxygens (including phenoxy) is 1. The first kappa shape index (κ1) is 14.3. The van der Waals surface area contributed by atoms with Crippen molar-refractivity contribution in [2.45, 2.75) is 26.2 Å². The van der Waals surface area contributed by atoms with Crippen LogP contribution >= 0.6 is 0 Å². The Balaban J connectivity index is 2.29. The van der Waals surface area contributed by atoms with Gasteiger partial charge in [-0.1, -0.05) is 43.3 Å². The number of hydrogen-bond acceptors (Lipinski definition) is 2. The van der Waals surface area contributed by atoms with Crippen molar-refractivity contribution in [3.8, 4) is 5.75 Å². The minimum atomic E-state index is 0.215. The predicted octanol–water partition coefficient (Wildman–Crippen LogP) is 4.32. The van der Waals surface area contributed by atoms with E-state index in [0.29, 0.717) is 12.8 Å². The zero-order valence-corrected chi connectivity index (χ0v) is 12.1. The summed E-state index contributed by atoms with van der Waals surface area (Å²) >= 11 is 0. The molecule has 0 aliphatic rings. The highest BCUT2D eigenvalue weighted by molar-refractivity contribution is 5.92. The maximum atomic E-state index is 12.1. The molecule has 0 saturated carbocycles. The van der Waals surface area contributed by atoms with Gasteiger partial charge in [-0.05, 0) is 34.9 Å². The summed E-state index contributed by atoms with van der Waals surface area (Å²) in [6, 6.07) is 12.0. The third kappa shape index (κ3) is 3.27. The highest BCUT2D eigenvalue weighted by Gasteiger charge is 2.09. The third-order valence-corrected chi connectivity index (χ3v) is 3.51. The molecule has 0 aromatic heterocycles. The summed E-state index contributed by atoms with van der Waals surface area (Å²) in [5.41, 5.74) is 2.04. The molecule has 0 heterocycles. The van der Waals surface area contributed by atoms with Crippen LogP contribution in [-0.2, 0) is 11.2 Å². The van der Waals surface area contributed by atoms with E-state index in [9.17, 15) is 4.79 Å². The van der Waals surface area contributed by atoms with Crippen molar-refractivity contribution in [1.82, 2.24) is 0 Å². The lowest BCUT2D eigenvalue weighted by Gasteiger charge is -2.08. The van der Waals surface area contributed by atoms with Crippen LogP contribution < -0.4 is 4.74 Å². The topological polar surface area (TPSA) is 26.3 Å². The zero-order chi connectivity index (χ0) is 14.5. The quantitative estimate of drug-likeness (QED) is 0.729. The second-order valence-electron chi connectivity index (χ2n) is 5.00. The maximum absolute atomic E-state index is 12.1. The average Bonchev–Trinajstić information content (AvgIpc) is 2.46. The molecule has 0 amide bonds. The Labute approximate surface area is 120 Å². The van der Waals surface area contributed by atoms with Crippen LogP contribution in [0.4, 0.5) is 0 Å². The number of Topliss-reactive ketones (excluding diaryl/α,β-unsaturated/α-hetero) is 1. The number of methoxy groups -OCH3 is 1. The fourth-order valence-corrected chi connectivity index (χ4v) is 2.28. The number of fused-ring (bicyclic) bond motifs is 1. The summed E-state index contributed by atoms with van der Waals surface area (Å²) in [6.07, 6.45) is 1.77. The molecule has 0 radical (unpaired) electrons. The second kappa shape index (κ2) is 6.38. The summed E-state index contributed by atoms with van der Waals surface area (Å²) in [5, 5.41) is 2.22. The molecule has 0 spiro atoms. The van der Waals surface area contributed by atoms with Gasteiger partial charge in [-0.25, -0.2) is 0 Å². The van der Waals surface area contributed by atoms with Gasteiger partial charge in [0, 0.05) is 12.8 Å². The minimum absolute atomic E-state index is 0.215. The average molecular weight is 268 g/mol. The molecule has 0 aliphatic heterocycles. The smallest absolute Gasteiger partial charge is 0.141 e. The lowest BCUT2D eigenvalue weighted by atomic mass is 9.97. The summed E-state index contributed by atoms with van der Waals surface area (Å²) in [6.45, 7) is 5.93. The Kier molecular flexibility index (Phi) is 4.57. The van der Waals surface area contributed by atoms with Crippen molar-refractivity contribution in [3.63, 3.8) is 0 Å². The molecule has 0 atom stereocenters. The van der Waals surface area contributed by atoms with Crippen LogP contribution in [0.15, 0.2) is 48.6 Å². The second-order valence-corrected chi connectivity index (χ2v) is 5.00. The SMILES string of the molecule is C=C(CC)CC(=O)Cc1cccc2ccc(OC)cc12. The number of hydrogen-bond donors (Lipinski definition) is 0. The molecule has 2 nitrogen and oxygen atoms in total. The standard InChI is InChI=1S/C18H20O2/c1-4-13(2)10-16(19)11-15-7-5-6-14-8-9-17(20-3)12-18(14)15/h5-9,12H,2,4,10-11H2,1,3H3. The zero-order valence-electron chi connectivity index (χ0n) is 12.1. The van der Waals surface area contributed by atoms with Gasteiger partial charge < -0.3 is 4.74 Å². The predicted molar refractivity (Wildman–Crippen MR) is 83.3 cm³/mol. The van der Waals surface area contributed by atoms with E-state index in [1.54, 1.807) is 7.11 Å². The van der Waals surface area contributed by atoms with E-state index in [2.05, 4.69) is 6.58 Å². The first-order valence-corrected chi connectivity index (χ1v) is 6.88. The molecule has 0 saturated heterocycles. The van der Waals surface area contributed by atoms with E-state index in [4.69, 9.17) is 4.74 Å². The van der Waals surface area contributed by atoms with Gasteiger partial charge in [-0.3, -0.25) is 4.79 Å². The van der Waals surface area contributed by atoms with Crippen molar-refractivity contribution in [1.29, 1.82) is 0 Å². The summed E-state index contributed by atoms with van der Waals surface area (Å²) in [5.74, 6) is 1.03. The number of allylic oxidation sites excluding steroid dienone is 1. The molecular weight excluding hydrogens is 248 g/mol. The molecular formula is C18H20O2. The van der Waals surface area contributed by atoms with Crippen LogP contribution in [0, 0.1) is 0 Å². The lowest BCUT2D eigenvalue weighted by molar-refractivity contribution is -0.117. The Morgan fingerprint density at radius 1 is 1.25 bits per heavy atom. The van der Waals surface area contributed by atoms with Crippen LogP contribution in [0.2, 0.25) is 0 Å². The molecule has 20 heavy (non-hydrogen) atoms. The van der Waals surface area contributed by atoms with Gasteiger partial charge in [0.25, 0.3) is 0 Å². The Morgan fingerprint density at radius 2 is 2.05 bits per heavy atom. The molecule has 0 aliphatic carbocycles. The van der Waals surface area contributed by atoms with E-state index >= 15 is 0 Å². The number of carbonyl (C=O) groups is 1. The van der Waals surface area contributed by atoms with Crippen molar-refractivity contribution in [2.24, 2.45) is 0 Å². The summed E-state index contributed by atoms with van der Waals surface area (Å²) in [7, 11) is 1.65. The highest BCUT2D eigenvalue weighted by atomic mass is 16.5. The van der Waals surface area contributed by atoms with Gasteiger partial charge in [-0.15, -0.1) is 0 Å². The van der Waals surface area contributed by atoms with Crippen LogP contribution in [-0.4, -0.2) is 12.9 Å². The van der Waals surface area contributed by atoms with Gasteiger partial charge in [0.15, 0.2) is 0 Å². The van der Waals surface area contributed by atoms with Gasteiger partial charge in [0.2, 0.25) is 0 Å². The van der Waals surface area contributed by atoms with Crippen LogP contribution in [0.3, 0.4) is 0 Å². The summed E-state index contributed by atoms with van der Waals surface area (Å²) in [4.78, 5) is 12.1. The normalized spacial score (nSPS) is 10.5. The number of rotatable bonds is 6. The molecule has 104 valence electrons. The Hall–Kier alpha value is -2.09. The number of ketones is 1. The molecule has 0 N–H and O–H groups in total. The van der Waals surface area contributed by atoms with E-state index in [0.717, 1.165) is 34.1 Å². The van der Waals surface area contributed by atoms with Crippen molar-refractivity contribution < 1.29 is 9.53 Å². The van der Waals surface area contributed by atoms with E-state index in [1.165, 1.54) is 0 Å². The van der Waals surface area contributed by atoms with Crippen molar-refractivity contribution in [3.05, 3.63) is 54.1 Å². The van der Waals surface area contributed by atoms with Gasteiger partial charge in [-0.2, -0.15) is 0 Å². The fourth-order valence-electron chi connectivity index (χ4n) is 2.28. The number of carbonyl (C=O) groups excluding carboxylic acids is 1. The fraction of sp³-hybridized carbons (Fsp3) is 0.278. The molecule has 0 fully saturated rings. The van der Waals surface area contributed by atoms with Crippen molar-refractivity contribution in [2.75, 3.05) is 7.11 Å². The largest absolute Gasteiger partial charge is 0.497 e. The minimum Gasteiger partial charge on any atom is -0.497 e. The van der Waals surface area contributed by atoms with E-state index < -0.39 is 0 Å². The maximum Gasteiger partial charge on any atom is 0.141 e. The Bertz CT molecular complexity index is 641. The van der Waals surface area contributed by atoms with Gasteiger partial charge in [0.1, 0.15) is 11.5 Å². The van der Waals surface area contributed by atoms with Gasteiger partial charge in [0.05, 0.1) is 7.11 Å². The van der Waals surface area contributed by atoms with Gasteiger partial charge >= 0.3 is 0 Å². The molecule has 2 heteroatoms. The lowest BCUT2D eigenvalue weighted by Crippen LogP contribution is -2.04. The van der Waals surface area contributed by atoms with Crippen LogP contribution in [0.25, 0.3) is 10.8 Å². The first-order chi connectivity index (χ1) is 9.63. The van der Waals surface area contributed by atoms with Crippen LogP contribution in [0.5, 0.6) is 5.75 Å². The Morgan fingerprint density at radius 3 is 2.75 bits per heavy atom. The molecule has 2 aromatic carbocycles. The first-order valence-electron chi connectivity index (χ1n) is 6.88. The van der Waals surface area contributed by atoms with E-state index in [1.807, 2.05) is 43.3 Å². The molecule has 2 aromatic rings. The van der Waals surface area contributed by atoms with Crippen molar-refractivity contribution >= 4 is 16.6 Å². The van der Waals surface area contributed by atoms with E-state index in [-0.39, 0.29) is 5.78 Å². The molecule has 0 unspecified atom stereocenters.